The van der Waals surface area contributed by atoms with E-state index in [2.05, 4.69) is 0 Å². The zero-order valence-corrected chi connectivity index (χ0v) is 5.81. The van der Waals surface area contributed by atoms with Crippen LogP contribution < -0.4 is 0 Å². The minimum absolute atomic E-state index is 0.315. The van der Waals surface area contributed by atoms with Crippen LogP contribution in [-0.4, -0.2) is 45.3 Å². The summed E-state index contributed by atoms with van der Waals surface area (Å²) in [7, 11) is 0. The fourth-order valence-corrected chi connectivity index (χ4v) is 0.533. The molecular weight excluding hydrogens is 136 g/mol. The van der Waals surface area contributed by atoms with Gasteiger partial charge in [0.05, 0.1) is 12.2 Å². The van der Waals surface area contributed by atoms with Crippen LogP contribution in [0.1, 0.15) is 6.92 Å². The van der Waals surface area contributed by atoms with Crippen LogP contribution in [0.25, 0.3) is 0 Å². The molecule has 0 aromatic carbocycles. The van der Waals surface area contributed by atoms with Gasteiger partial charge < -0.3 is 20.4 Å². The van der Waals surface area contributed by atoms with Crippen molar-refractivity contribution in [2.24, 2.45) is 0 Å². The van der Waals surface area contributed by atoms with Gasteiger partial charge in [0.1, 0.15) is 6.10 Å². The number of aliphatic hydroxyl groups is 4. The van der Waals surface area contributed by atoms with Crippen molar-refractivity contribution in [3.8, 4) is 0 Å². The predicted molar refractivity (Wildman–Crippen MR) is 35.1 cm³/mol. The molecule has 0 aromatic heterocycles. The molecule has 0 bridgehead atoms. The molecule has 0 fully saturated rings. The Labute approximate surface area is 59.7 Å². The standard InChI is InChI=1S/C6H13O4/c1-4(8)6(10)5(9)2-3-7/h2,4-10H,3H2,1H3. The molecule has 1 radical (unpaired) electrons. The Hall–Kier alpha value is -0.160. The highest BCUT2D eigenvalue weighted by molar-refractivity contribution is 4.83. The van der Waals surface area contributed by atoms with Gasteiger partial charge in [0, 0.05) is 13.0 Å². The largest absolute Gasteiger partial charge is 0.396 e. The minimum atomic E-state index is -1.22. The topological polar surface area (TPSA) is 80.9 Å². The van der Waals surface area contributed by atoms with Crippen LogP contribution in [0, 0.1) is 6.42 Å². The van der Waals surface area contributed by atoms with Crippen molar-refractivity contribution < 1.29 is 20.4 Å². The molecule has 10 heavy (non-hydrogen) atoms. The highest BCUT2D eigenvalue weighted by Gasteiger charge is 2.20. The van der Waals surface area contributed by atoms with E-state index in [9.17, 15) is 0 Å². The number of aliphatic hydroxyl groups excluding tert-OH is 4. The lowest BCUT2D eigenvalue weighted by atomic mass is 10.1. The molecule has 0 heterocycles. The van der Waals surface area contributed by atoms with Gasteiger partial charge in [-0.15, -0.1) is 0 Å². The summed E-state index contributed by atoms with van der Waals surface area (Å²) in [5.74, 6) is 0. The zero-order chi connectivity index (χ0) is 8.15. The van der Waals surface area contributed by atoms with Crippen LogP contribution >= 0.6 is 0 Å². The predicted octanol–water partition coefficient (Wildman–Crippen LogP) is -1.71. The summed E-state index contributed by atoms with van der Waals surface area (Å²) in [6.07, 6.45) is -2.26. The molecule has 0 spiro atoms. The average Bonchev–Trinajstić information content (AvgIpc) is 1.87. The van der Waals surface area contributed by atoms with Crippen molar-refractivity contribution in [1.29, 1.82) is 0 Å². The molecule has 0 rings (SSSR count). The average molecular weight is 149 g/mol. The first-order valence-electron chi connectivity index (χ1n) is 3.08. The highest BCUT2D eigenvalue weighted by atomic mass is 16.4. The number of rotatable bonds is 4. The molecule has 3 atom stereocenters. The van der Waals surface area contributed by atoms with E-state index < -0.39 is 18.3 Å². The third-order valence-electron chi connectivity index (χ3n) is 1.19. The quantitative estimate of drug-likeness (QED) is 0.383. The number of hydrogen-bond donors (Lipinski definition) is 4. The highest BCUT2D eigenvalue weighted by Crippen LogP contribution is 2.01. The molecule has 4 nitrogen and oxygen atoms in total. The van der Waals surface area contributed by atoms with Crippen LogP contribution in [0.2, 0.25) is 0 Å². The third kappa shape index (κ3) is 3.12. The lowest BCUT2D eigenvalue weighted by Crippen LogP contribution is -2.36. The summed E-state index contributed by atoms with van der Waals surface area (Å²) in [4.78, 5) is 0. The van der Waals surface area contributed by atoms with E-state index in [1.165, 1.54) is 6.92 Å². The Morgan fingerprint density at radius 2 is 1.80 bits per heavy atom. The van der Waals surface area contributed by atoms with Crippen molar-refractivity contribution >= 4 is 0 Å². The first-order valence-corrected chi connectivity index (χ1v) is 3.08. The van der Waals surface area contributed by atoms with E-state index in [-0.39, 0.29) is 6.61 Å². The second-order valence-corrected chi connectivity index (χ2v) is 2.14. The van der Waals surface area contributed by atoms with Gasteiger partial charge in [0.15, 0.2) is 0 Å². The van der Waals surface area contributed by atoms with Gasteiger partial charge in [-0.3, -0.25) is 0 Å². The lowest BCUT2D eigenvalue weighted by molar-refractivity contribution is -0.0415. The van der Waals surface area contributed by atoms with Crippen molar-refractivity contribution in [1.82, 2.24) is 0 Å². The Morgan fingerprint density at radius 3 is 2.10 bits per heavy atom. The Bertz CT molecular complexity index is 83.8. The van der Waals surface area contributed by atoms with Gasteiger partial charge in [-0.05, 0) is 6.92 Å². The summed E-state index contributed by atoms with van der Waals surface area (Å²) < 4.78 is 0. The van der Waals surface area contributed by atoms with Gasteiger partial charge in [-0.25, -0.2) is 0 Å². The SMILES string of the molecule is CC(O)C(O)C(O)[CH]CO. The van der Waals surface area contributed by atoms with Crippen molar-refractivity contribution in [2.75, 3.05) is 6.61 Å². The van der Waals surface area contributed by atoms with Gasteiger partial charge in [0.2, 0.25) is 0 Å². The fourth-order valence-electron chi connectivity index (χ4n) is 0.533. The zero-order valence-electron chi connectivity index (χ0n) is 5.81. The summed E-state index contributed by atoms with van der Waals surface area (Å²) >= 11 is 0. The van der Waals surface area contributed by atoms with Gasteiger partial charge in [0.25, 0.3) is 0 Å². The summed E-state index contributed by atoms with van der Waals surface area (Å²) in [5, 5.41) is 34.7. The molecule has 0 aliphatic rings. The summed E-state index contributed by atoms with van der Waals surface area (Å²) in [6.45, 7) is 1.05. The van der Waals surface area contributed by atoms with Crippen molar-refractivity contribution in [3.63, 3.8) is 0 Å². The monoisotopic (exact) mass is 149 g/mol. The summed E-state index contributed by atoms with van der Waals surface area (Å²) in [5.41, 5.74) is 0. The van der Waals surface area contributed by atoms with Gasteiger partial charge in [-0.1, -0.05) is 0 Å². The number of hydrogen-bond acceptors (Lipinski definition) is 4. The maximum Gasteiger partial charge on any atom is 0.106 e. The maximum absolute atomic E-state index is 8.88. The fraction of sp³-hybridized carbons (Fsp3) is 0.833. The smallest absolute Gasteiger partial charge is 0.106 e. The second-order valence-electron chi connectivity index (χ2n) is 2.14. The van der Waals surface area contributed by atoms with Crippen LogP contribution in [0.5, 0.6) is 0 Å². The molecule has 0 aliphatic carbocycles. The molecule has 0 aromatic rings. The molecule has 0 aliphatic heterocycles. The lowest BCUT2D eigenvalue weighted by Gasteiger charge is -2.18. The van der Waals surface area contributed by atoms with Crippen LogP contribution in [0.3, 0.4) is 0 Å². The minimum Gasteiger partial charge on any atom is -0.396 e. The van der Waals surface area contributed by atoms with E-state index in [1.807, 2.05) is 0 Å². The third-order valence-corrected chi connectivity index (χ3v) is 1.19. The molecule has 4 N–H and O–H groups in total. The molecular formula is C6H13O4. The van der Waals surface area contributed by atoms with Gasteiger partial charge in [-0.2, -0.15) is 0 Å². The van der Waals surface area contributed by atoms with Crippen LogP contribution in [0.4, 0.5) is 0 Å². The Kier molecular flexibility index (Phi) is 4.55. The molecule has 61 valence electrons. The van der Waals surface area contributed by atoms with E-state index in [4.69, 9.17) is 20.4 Å². The maximum atomic E-state index is 8.88. The Morgan fingerprint density at radius 1 is 1.30 bits per heavy atom. The van der Waals surface area contributed by atoms with E-state index in [0.717, 1.165) is 6.42 Å². The summed E-state index contributed by atoms with van der Waals surface area (Å²) in [6, 6.07) is 0. The van der Waals surface area contributed by atoms with Crippen LogP contribution in [0.15, 0.2) is 0 Å². The van der Waals surface area contributed by atoms with E-state index in [1.54, 1.807) is 0 Å². The Balaban J connectivity index is 3.58. The molecule has 3 unspecified atom stereocenters. The normalized spacial score (nSPS) is 20.1. The van der Waals surface area contributed by atoms with Crippen molar-refractivity contribution in [2.45, 2.75) is 25.2 Å². The molecule has 0 saturated carbocycles. The first-order chi connectivity index (χ1) is 4.59. The van der Waals surface area contributed by atoms with E-state index >= 15 is 0 Å². The van der Waals surface area contributed by atoms with Crippen molar-refractivity contribution in [3.05, 3.63) is 6.42 Å². The molecule has 4 heteroatoms. The van der Waals surface area contributed by atoms with Gasteiger partial charge >= 0.3 is 0 Å². The molecule has 0 saturated heterocycles. The molecule has 0 amide bonds. The second kappa shape index (κ2) is 4.62. The van der Waals surface area contributed by atoms with E-state index in [0.29, 0.717) is 0 Å². The van der Waals surface area contributed by atoms with Crippen LogP contribution in [-0.2, 0) is 0 Å². The first kappa shape index (κ1) is 9.84.